The van der Waals surface area contributed by atoms with Crippen molar-refractivity contribution in [2.24, 2.45) is 0 Å². The minimum atomic E-state index is -4.22. The van der Waals surface area contributed by atoms with Crippen molar-refractivity contribution in [3.8, 4) is 0 Å². The molecule has 8 rings (SSSR count). The number of alkyl halides is 2. The summed E-state index contributed by atoms with van der Waals surface area (Å²) in [4.78, 5) is 54.1. The third kappa shape index (κ3) is 8.09. The van der Waals surface area contributed by atoms with Crippen molar-refractivity contribution in [2.75, 3.05) is 18.1 Å². The first kappa shape index (κ1) is 42.7. The number of anilines is 1. The summed E-state index contributed by atoms with van der Waals surface area (Å²) in [5.74, 6) is -0.127. The molecule has 1 aromatic carbocycles. The quantitative estimate of drug-likeness (QED) is 0.115. The van der Waals surface area contributed by atoms with E-state index in [1.54, 1.807) is 31.2 Å². The van der Waals surface area contributed by atoms with Crippen molar-refractivity contribution < 1.29 is 41.4 Å². The van der Waals surface area contributed by atoms with Gasteiger partial charge in [-0.05, 0) is 61.3 Å². The van der Waals surface area contributed by atoms with E-state index < -0.39 is 70.9 Å². The van der Waals surface area contributed by atoms with Crippen LogP contribution in [0.2, 0.25) is 18.1 Å². The Balaban J connectivity index is 1.20. The average Bonchev–Trinajstić information content (AvgIpc) is 3.99. The predicted octanol–water partition coefficient (Wildman–Crippen LogP) is 6.71. The van der Waals surface area contributed by atoms with Gasteiger partial charge in [0.2, 0.25) is 0 Å². The van der Waals surface area contributed by atoms with Gasteiger partial charge < -0.3 is 23.3 Å². The lowest BCUT2D eigenvalue weighted by molar-refractivity contribution is -0.0458. The Hall–Kier alpha value is -3.98. The van der Waals surface area contributed by atoms with Gasteiger partial charge in [-0.2, -0.15) is 0 Å². The second kappa shape index (κ2) is 16.7. The number of carbonyl (C=O) groups excluding carboxylic acids is 1. The molecular formula is C39H48F2N9O7PSSi. The summed E-state index contributed by atoms with van der Waals surface area (Å²) in [6, 6.07) is 8.78. The molecule has 320 valence electrons. The molecule has 1 N–H and O–H groups in total. The number of benzene rings is 1. The molecule has 0 aliphatic carbocycles. The molecule has 0 saturated carbocycles. The fourth-order valence-electron chi connectivity index (χ4n) is 7.45. The number of aromatic nitrogens is 8. The van der Waals surface area contributed by atoms with Crippen LogP contribution in [0.15, 0.2) is 67.8 Å². The van der Waals surface area contributed by atoms with Crippen molar-refractivity contribution >= 4 is 60.9 Å². The molecule has 16 nitrogen and oxygen atoms in total. The van der Waals surface area contributed by atoms with Crippen LogP contribution in [0.4, 0.5) is 14.6 Å². The first-order chi connectivity index (χ1) is 28.6. The SMILES string of the molecule is CC[C@H]1OC2[C@H](F)[C@@H]1OP(O)(=S)OC[C@H]1OC([C@H](F)[C@@H]1O[Si](C)(C)C(C)(C)C)n1cnc3c(ncnc31)N(C(=O)c1ccccc1)C/C=C/CCc1ncnc3c1ncn32. The van der Waals surface area contributed by atoms with Gasteiger partial charge in [-0.3, -0.25) is 23.4 Å². The third-order valence-corrected chi connectivity index (χ3v) is 17.7. The molecular weight excluding hydrogens is 836 g/mol. The Labute approximate surface area is 351 Å². The number of halogens is 2. The van der Waals surface area contributed by atoms with Gasteiger partial charge in [-0.25, -0.2) is 38.7 Å². The van der Waals surface area contributed by atoms with Gasteiger partial charge in [0, 0.05) is 12.1 Å². The highest BCUT2D eigenvalue weighted by Crippen LogP contribution is 2.51. The molecule has 5 aromatic rings. The summed E-state index contributed by atoms with van der Waals surface area (Å²) in [6.45, 7) is 7.32. The molecule has 7 heterocycles. The van der Waals surface area contributed by atoms with Crippen LogP contribution in [-0.4, -0.2) is 108 Å². The molecule has 60 heavy (non-hydrogen) atoms. The largest absolute Gasteiger partial charge is 0.408 e. The maximum Gasteiger partial charge on any atom is 0.325 e. The van der Waals surface area contributed by atoms with Crippen LogP contribution in [0.25, 0.3) is 22.3 Å². The van der Waals surface area contributed by atoms with Crippen molar-refractivity contribution in [3.05, 3.63) is 79.1 Å². The molecule has 12 bridgehead atoms. The van der Waals surface area contributed by atoms with Gasteiger partial charge in [-0.15, -0.1) is 0 Å². The number of hydrogen-bond donors (Lipinski definition) is 1. The number of carbonyl (C=O) groups is 1. The molecule has 3 aliphatic heterocycles. The molecule has 0 radical (unpaired) electrons. The maximum atomic E-state index is 17.1. The normalized spacial score (nSPS) is 30.0. The van der Waals surface area contributed by atoms with Crippen LogP contribution in [0, 0.1) is 0 Å². The second-order valence-electron chi connectivity index (χ2n) is 16.6. The molecule has 1 amide bonds. The molecule has 9 atom stereocenters. The summed E-state index contributed by atoms with van der Waals surface area (Å²) in [5.41, 5.74) is 2.33. The van der Waals surface area contributed by atoms with E-state index in [9.17, 15) is 9.69 Å². The number of amides is 1. The van der Waals surface area contributed by atoms with Crippen LogP contribution in [0.5, 0.6) is 0 Å². The molecule has 2 fully saturated rings. The number of fused-ring (bicyclic) bond motifs is 6. The Morgan fingerprint density at radius 2 is 1.62 bits per heavy atom. The zero-order valence-electron chi connectivity index (χ0n) is 34.0. The Kier molecular flexibility index (Phi) is 11.9. The molecule has 3 unspecified atom stereocenters. The van der Waals surface area contributed by atoms with Crippen LogP contribution in [0.3, 0.4) is 0 Å². The minimum Gasteiger partial charge on any atom is -0.408 e. The average molecular weight is 884 g/mol. The first-order valence-corrected chi connectivity index (χ1v) is 25.4. The highest BCUT2D eigenvalue weighted by Gasteiger charge is 2.53. The van der Waals surface area contributed by atoms with E-state index >= 15 is 8.78 Å². The number of imidazole rings is 2. The summed E-state index contributed by atoms with van der Waals surface area (Å²) >= 11 is 5.46. The number of hydrogen-bond acceptors (Lipinski definition) is 13. The summed E-state index contributed by atoms with van der Waals surface area (Å²) in [5, 5.41) is -0.309. The fourth-order valence-corrected chi connectivity index (χ4v) is 10.2. The fraction of sp³-hybridized carbons (Fsp3) is 0.513. The van der Waals surface area contributed by atoms with Crippen LogP contribution in [0.1, 0.15) is 69.0 Å². The number of allylic oxidation sites excluding steroid dienone is 1. The summed E-state index contributed by atoms with van der Waals surface area (Å²) in [6.07, 6.45) is 0.0363. The van der Waals surface area contributed by atoms with Crippen molar-refractivity contribution in [3.63, 3.8) is 0 Å². The standard InChI is InChI=1S/C39H48F2N9O7PSSi/c1-7-25-31-27(40)37(54-25)49-21-46-29-24(42-19-43-33(29)49)16-12-9-13-17-48(36(51)23-14-10-8-11-15-23)34-30-35(45-20-44-34)50(22-47-30)38-28(41)32(57-60(5,6)39(2,3)4)26(55-38)18-53-58(52,59)56-31/h8-11,13-15,19-22,25-28,31-32,37-38H,7,12,16-18H2,1-6H3,(H,52,59)/b13-9+/t25-,26-,27-,28-,31-,32-,37?,38?,58?/m1/s1. The van der Waals surface area contributed by atoms with Gasteiger partial charge in [0.25, 0.3) is 5.91 Å². The van der Waals surface area contributed by atoms with Crippen LogP contribution in [-0.2, 0) is 41.2 Å². The number of ether oxygens (including phenoxy) is 2. The van der Waals surface area contributed by atoms with Gasteiger partial charge in [-0.1, -0.05) is 58.0 Å². The van der Waals surface area contributed by atoms with E-state index in [1.165, 1.54) is 39.3 Å². The summed E-state index contributed by atoms with van der Waals surface area (Å²) < 4.78 is 67.5. The van der Waals surface area contributed by atoms with Crippen LogP contribution < -0.4 is 4.90 Å². The smallest absolute Gasteiger partial charge is 0.325 e. The monoisotopic (exact) mass is 883 g/mol. The second-order valence-corrected chi connectivity index (χ2v) is 24.1. The van der Waals surface area contributed by atoms with Crippen LogP contribution >= 0.6 is 6.72 Å². The topological polar surface area (TPSA) is 174 Å². The van der Waals surface area contributed by atoms with Gasteiger partial charge in [0.15, 0.2) is 55.7 Å². The van der Waals surface area contributed by atoms with Gasteiger partial charge in [0.1, 0.15) is 36.5 Å². The van der Waals surface area contributed by atoms with Crippen molar-refractivity contribution in [1.82, 2.24) is 39.0 Å². The molecule has 21 heteroatoms. The molecule has 2 saturated heterocycles. The lowest BCUT2D eigenvalue weighted by atomic mass is 10.1. The maximum absolute atomic E-state index is 17.1. The number of rotatable bonds is 4. The van der Waals surface area contributed by atoms with Gasteiger partial charge in [0.05, 0.1) is 31.1 Å². The highest BCUT2D eigenvalue weighted by molar-refractivity contribution is 8.07. The van der Waals surface area contributed by atoms with E-state index in [-0.39, 0.29) is 34.5 Å². The predicted molar refractivity (Wildman–Crippen MR) is 224 cm³/mol. The zero-order chi connectivity index (χ0) is 42.6. The lowest BCUT2D eigenvalue weighted by Crippen LogP contribution is -2.49. The molecule has 3 aliphatic rings. The number of aryl methyl sites for hydroxylation is 1. The Morgan fingerprint density at radius 1 is 0.950 bits per heavy atom. The first-order valence-electron chi connectivity index (χ1n) is 19.9. The van der Waals surface area contributed by atoms with E-state index in [0.29, 0.717) is 41.7 Å². The molecule has 0 spiro atoms. The number of nitrogens with zero attached hydrogens (tertiary/aromatic N) is 9. The van der Waals surface area contributed by atoms with Crippen molar-refractivity contribution in [2.45, 2.75) is 114 Å². The third-order valence-electron chi connectivity index (χ3n) is 11.7. The van der Waals surface area contributed by atoms with Crippen molar-refractivity contribution in [1.29, 1.82) is 0 Å². The van der Waals surface area contributed by atoms with E-state index in [2.05, 4.69) is 29.9 Å². The Morgan fingerprint density at radius 3 is 2.32 bits per heavy atom. The zero-order valence-corrected chi connectivity index (χ0v) is 36.7. The van der Waals surface area contributed by atoms with E-state index in [0.717, 1.165) is 0 Å². The lowest BCUT2D eigenvalue weighted by Gasteiger charge is -2.39. The Bertz CT molecular complexity index is 2440. The van der Waals surface area contributed by atoms with Gasteiger partial charge >= 0.3 is 6.72 Å². The molecule has 4 aromatic heterocycles. The summed E-state index contributed by atoms with van der Waals surface area (Å²) in [7, 11) is -2.65. The highest BCUT2D eigenvalue weighted by atomic mass is 32.5. The van der Waals surface area contributed by atoms with E-state index in [1.807, 2.05) is 52.1 Å². The van der Waals surface area contributed by atoms with E-state index in [4.69, 9.17) is 34.8 Å². The minimum absolute atomic E-state index is 0.111.